The van der Waals surface area contributed by atoms with E-state index in [-0.39, 0.29) is 12.1 Å². The summed E-state index contributed by atoms with van der Waals surface area (Å²) in [7, 11) is 2.13. The van der Waals surface area contributed by atoms with Gasteiger partial charge in [0.25, 0.3) is 0 Å². The van der Waals surface area contributed by atoms with Gasteiger partial charge in [-0.15, -0.1) is 0 Å². The van der Waals surface area contributed by atoms with Crippen LogP contribution in [0.4, 0.5) is 0 Å². The van der Waals surface area contributed by atoms with E-state index in [9.17, 15) is 5.11 Å². The van der Waals surface area contributed by atoms with Crippen molar-refractivity contribution >= 4 is 0 Å². The van der Waals surface area contributed by atoms with Crippen LogP contribution in [0, 0.1) is 0 Å². The molecule has 92 valence electrons. The molecule has 0 rings (SSSR count). The van der Waals surface area contributed by atoms with Crippen molar-refractivity contribution in [2.45, 2.75) is 52.1 Å². The lowest BCUT2D eigenvalue weighted by molar-refractivity contribution is 0.128. The van der Waals surface area contributed by atoms with Gasteiger partial charge >= 0.3 is 0 Å². The maximum absolute atomic E-state index is 9.43. The van der Waals surface area contributed by atoms with Crippen LogP contribution in [0.3, 0.4) is 0 Å². The molecule has 3 heteroatoms. The monoisotopic (exact) mass is 216 g/mol. The maximum Gasteiger partial charge on any atom is 0.0611 e. The van der Waals surface area contributed by atoms with Crippen molar-refractivity contribution in [1.29, 1.82) is 0 Å². The van der Waals surface area contributed by atoms with Crippen LogP contribution >= 0.6 is 0 Å². The molecule has 2 N–H and O–H groups in total. The highest BCUT2D eigenvalue weighted by molar-refractivity contribution is 4.86. The van der Waals surface area contributed by atoms with E-state index in [2.05, 4.69) is 45.0 Å². The average molecular weight is 216 g/mol. The number of nitrogens with zero attached hydrogens (tertiary/aromatic N) is 1. The zero-order valence-electron chi connectivity index (χ0n) is 11.0. The van der Waals surface area contributed by atoms with Crippen LogP contribution in [-0.4, -0.2) is 48.3 Å². The molecule has 0 saturated heterocycles. The van der Waals surface area contributed by atoms with Crippen molar-refractivity contribution in [3.63, 3.8) is 0 Å². The highest BCUT2D eigenvalue weighted by Crippen LogP contribution is 2.15. The molecule has 0 heterocycles. The topological polar surface area (TPSA) is 35.5 Å². The van der Waals surface area contributed by atoms with Crippen molar-refractivity contribution in [3.8, 4) is 0 Å². The Morgan fingerprint density at radius 3 is 2.40 bits per heavy atom. The van der Waals surface area contributed by atoms with Crippen molar-refractivity contribution in [1.82, 2.24) is 10.2 Å². The fourth-order valence-electron chi connectivity index (χ4n) is 1.74. The predicted molar refractivity (Wildman–Crippen MR) is 66.2 cm³/mol. The van der Waals surface area contributed by atoms with Crippen LogP contribution in [-0.2, 0) is 0 Å². The Kier molecular flexibility index (Phi) is 7.14. The van der Waals surface area contributed by atoms with E-state index in [1.54, 1.807) is 0 Å². The Morgan fingerprint density at radius 2 is 2.00 bits per heavy atom. The summed E-state index contributed by atoms with van der Waals surface area (Å²) in [6.07, 6.45) is 2.08. The summed E-state index contributed by atoms with van der Waals surface area (Å²) < 4.78 is 0. The molecule has 0 aliphatic rings. The summed E-state index contributed by atoms with van der Waals surface area (Å²) >= 11 is 0. The second kappa shape index (κ2) is 7.20. The third kappa shape index (κ3) is 5.50. The first-order chi connectivity index (χ1) is 6.99. The van der Waals surface area contributed by atoms with Gasteiger partial charge in [-0.2, -0.15) is 0 Å². The number of aliphatic hydroxyl groups is 1. The molecule has 0 aromatic carbocycles. The molecule has 0 amide bonds. The second-order valence-electron chi connectivity index (χ2n) is 4.77. The van der Waals surface area contributed by atoms with Gasteiger partial charge in [0.2, 0.25) is 0 Å². The molecule has 0 aromatic heterocycles. The lowest BCUT2D eigenvalue weighted by Gasteiger charge is -2.35. The third-order valence-corrected chi connectivity index (χ3v) is 3.15. The summed E-state index contributed by atoms with van der Waals surface area (Å²) in [5, 5.41) is 12.9. The molecule has 0 fully saturated rings. The predicted octanol–water partition coefficient (Wildman–Crippen LogP) is 1.47. The molecule has 15 heavy (non-hydrogen) atoms. The number of aliphatic hydroxyl groups excluding tert-OH is 1. The van der Waals surface area contributed by atoms with E-state index < -0.39 is 0 Å². The first-order valence-corrected chi connectivity index (χ1v) is 6.05. The quantitative estimate of drug-likeness (QED) is 0.645. The van der Waals surface area contributed by atoms with E-state index in [0.717, 1.165) is 25.9 Å². The minimum atomic E-state index is -0.140. The Morgan fingerprint density at radius 1 is 1.40 bits per heavy atom. The van der Waals surface area contributed by atoms with Gasteiger partial charge in [0.1, 0.15) is 0 Å². The lowest BCUT2D eigenvalue weighted by Crippen LogP contribution is -2.50. The number of nitrogens with one attached hydrogen (secondary N) is 1. The van der Waals surface area contributed by atoms with Crippen LogP contribution in [0.2, 0.25) is 0 Å². The smallest absolute Gasteiger partial charge is 0.0611 e. The van der Waals surface area contributed by atoms with Crippen molar-refractivity contribution in [2.75, 3.05) is 26.7 Å². The highest BCUT2D eigenvalue weighted by atomic mass is 16.3. The fraction of sp³-hybridized carbons (Fsp3) is 1.00. The van der Waals surface area contributed by atoms with Gasteiger partial charge in [0.05, 0.1) is 6.61 Å². The number of rotatable bonds is 8. The Hall–Kier alpha value is -0.120. The second-order valence-corrected chi connectivity index (χ2v) is 4.77. The molecule has 3 nitrogen and oxygen atoms in total. The summed E-state index contributed by atoms with van der Waals surface area (Å²) in [6, 6.07) is 0.497. The van der Waals surface area contributed by atoms with E-state index in [4.69, 9.17) is 0 Å². The molecular formula is C12H28N2O. The van der Waals surface area contributed by atoms with Gasteiger partial charge in [0, 0.05) is 11.6 Å². The van der Waals surface area contributed by atoms with Crippen molar-refractivity contribution < 1.29 is 5.11 Å². The lowest BCUT2D eigenvalue weighted by atomic mass is 9.93. The number of hydrogen-bond donors (Lipinski definition) is 2. The third-order valence-electron chi connectivity index (χ3n) is 3.15. The molecule has 0 aliphatic heterocycles. The Balaban J connectivity index is 4.16. The van der Waals surface area contributed by atoms with Gasteiger partial charge < -0.3 is 15.3 Å². The molecule has 0 radical (unpaired) electrons. The molecule has 0 bridgehead atoms. The van der Waals surface area contributed by atoms with E-state index in [1.165, 1.54) is 0 Å². The molecule has 0 aliphatic carbocycles. The van der Waals surface area contributed by atoms with E-state index >= 15 is 0 Å². The SMILES string of the molecule is CCCNC(C)(CO)CC(C)N(C)CC. The normalized spacial score (nSPS) is 17.8. The number of hydrogen-bond acceptors (Lipinski definition) is 3. The summed E-state index contributed by atoms with van der Waals surface area (Å²) in [6.45, 7) is 10.8. The minimum absolute atomic E-state index is 0.140. The zero-order chi connectivity index (χ0) is 11.9. The largest absolute Gasteiger partial charge is 0.394 e. The van der Waals surface area contributed by atoms with E-state index in [1.807, 2.05) is 0 Å². The van der Waals surface area contributed by atoms with Crippen LogP contribution in [0.5, 0.6) is 0 Å². The van der Waals surface area contributed by atoms with Gasteiger partial charge in [-0.05, 0) is 46.8 Å². The van der Waals surface area contributed by atoms with Crippen molar-refractivity contribution in [2.24, 2.45) is 0 Å². The molecule has 2 unspecified atom stereocenters. The average Bonchev–Trinajstić information content (AvgIpc) is 2.25. The van der Waals surface area contributed by atoms with Crippen LogP contribution in [0.15, 0.2) is 0 Å². The van der Waals surface area contributed by atoms with Gasteiger partial charge in [-0.3, -0.25) is 0 Å². The van der Waals surface area contributed by atoms with Gasteiger partial charge in [-0.1, -0.05) is 13.8 Å². The van der Waals surface area contributed by atoms with Gasteiger partial charge in [-0.25, -0.2) is 0 Å². The molecule has 0 saturated carbocycles. The Bertz CT molecular complexity index is 164. The van der Waals surface area contributed by atoms with Crippen LogP contribution < -0.4 is 5.32 Å². The Labute approximate surface area is 94.9 Å². The maximum atomic E-state index is 9.43. The van der Waals surface area contributed by atoms with E-state index in [0.29, 0.717) is 6.04 Å². The first-order valence-electron chi connectivity index (χ1n) is 6.05. The highest BCUT2D eigenvalue weighted by Gasteiger charge is 2.25. The summed E-state index contributed by atoms with van der Waals surface area (Å²) in [4.78, 5) is 2.31. The fourth-order valence-corrected chi connectivity index (χ4v) is 1.74. The molecule has 0 aromatic rings. The summed E-state index contributed by atoms with van der Waals surface area (Å²) in [5.41, 5.74) is -0.140. The van der Waals surface area contributed by atoms with Crippen LogP contribution in [0.1, 0.15) is 40.5 Å². The summed E-state index contributed by atoms with van der Waals surface area (Å²) in [5.74, 6) is 0. The first kappa shape index (κ1) is 14.9. The molecular weight excluding hydrogens is 188 g/mol. The van der Waals surface area contributed by atoms with Crippen molar-refractivity contribution in [3.05, 3.63) is 0 Å². The minimum Gasteiger partial charge on any atom is -0.394 e. The molecule has 2 atom stereocenters. The zero-order valence-corrected chi connectivity index (χ0v) is 11.0. The standard InChI is InChI=1S/C12H28N2O/c1-6-8-13-12(4,10-15)9-11(3)14(5)7-2/h11,13,15H,6-10H2,1-5H3. The van der Waals surface area contributed by atoms with Crippen LogP contribution in [0.25, 0.3) is 0 Å². The molecule has 0 spiro atoms. The van der Waals surface area contributed by atoms with Gasteiger partial charge in [0.15, 0.2) is 0 Å².